The monoisotopic (exact) mass is 338 g/mol. The van der Waals surface area contributed by atoms with E-state index >= 15 is 0 Å². The Kier molecular flexibility index (Phi) is 4.89. The van der Waals surface area contributed by atoms with Crippen molar-refractivity contribution < 1.29 is 14.2 Å². The van der Waals surface area contributed by atoms with Crippen molar-refractivity contribution in [2.75, 3.05) is 0 Å². The molecule has 2 aromatic carbocycles. The third-order valence-corrected chi connectivity index (χ3v) is 5.44. The second-order valence-electron chi connectivity index (χ2n) is 6.88. The molecule has 0 N–H and O–H groups in total. The minimum Gasteiger partial charge on any atom is -0.368 e. The highest BCUT2D eigenvalue weighted by Crippen LogP contribution is 2.43. The first-order valence-corrected chi connectivity index (χ1v) is 9.35. The van der Waals surface area contributed by atoms with E-state index in [1.807, 2.05) is 0 Å². The van der Waals surface area contributed by atoms with E-state index in [-0.39, 0.29) is 24.4 Å². The number of aryl methyl sites for hydroxylation is 1. The fourth-order valence-electron chi connectivity index (χ4n) is 4.05. The van der Waals surface area contributed by atoms with E-state index in [1.165, 1.54) is 22.3 Å². The second-order valence-corrected chi connectivity index (χ2v) is 6.88. The van der Waals surface area contributed by atoms with Crippen molar-refractivity contribution in [2.24, 2.45) is 0 Å². The van der Waals surface area contributed by atoms with Gasteiger partial charge < -0.3 is 14.2 Å². The van der Waals surface area contributed by atoms with Crippen LogP contribution in [0, 0.1) is 0 Å². The second kappa shape index (κ2) is 7.28. The first kappa shape index (κ1) is 16.8. The molecule has 4 rings (SSSR count). The van der Waals surface area contributed by atoms with Crippen molar-refractivity contribution >= 4 is 0 Å². The molecular formula is C22H26O3. The van der Waals surface area contributed by atoms with Crippen LogP contribution in [0.1, 0.15) is 48.6 Å². The number of benzene rings is 2. The quantitative estimate of drug-likeness (QED) is 0.798. The highest BCUT2D eigenvalue weighted by atomic mass is 16.6. The minimum absolute atomic E-state index is 0.0127. The highest BCUT2D eigenvalue weighted by Gasteiger charge is 2.48. The lowest BCUT2D eigenvalue weighted by Gasteiger charge is -2.30. The molecule has 3 heteroatoms. The average molecular weight is 338 g/mol. The van der Waals surface area contributed by atoms with Crippen LogP contribution in [0.4, 0.5) is 0 Å². The van der Waals surface area contributed by atoms with Gasteiger partial charge in [-0.05, 0) is 35.1 Å². The SMILES string of the molecule is CCc1ccccc1CO[C@@H]1[C@H]2OCc3ccccc3[C@H]2O[C@@H]1CC. The smallest absolute Gasteiger partial charge is 0.117 e. The van der Waals surface area contributed by atoms with Gasteiger partial charge >= 0.3 is 0 Å². The molecule has 4 atom stereocenters. The Morgan fingerprint density at radius 2 is 1.76 bits per heavy atom. The van der Waals surface area contributed by atoms with E-state index in [2.05, 4.69) is 62.4 Å². The van der Waals surface area contributed by atoms with Gasteiger partial charge in [-0.3, -0.25) is 0 Å². The zero-order chi connectivity index (χ0) is 17.2. The summed E-state index contributed by atoms with van der Waals surface area (Å²) < 4.78 is 18.9. The molecule has 1 fully saturated rings. The molecule has 2 aliphatic rings. The third-order valence-electron chi connectivity index (χ3n) is 5.44. The summed E-state index contributed by atoms with van der Waals surface area (Å²) in [6.07, 6.45) is 1.98. The topological polar surface area (TPSA) is 27.7 Å². The van der Waals surface area contributed by atoms with Crippen molar-refractivity contribution in [3.05, 3.63) is 70.8 Å². The van der Waals surface area contributed by atoms with Crippen LogP contribution in [0.2, 0.25) is 0 Å². The molecule has 0 amide bonds. The van der Waals surface area contributed by atoms with Crippen molar-refractivity contribution in [1.29, 1.82) is 0 Å². The van der Waals surface area contributed by atoms with E-state index in [9.17, 15) is 0 Å². The summed E-state index contributed by atoms with van der Waals surface area (Å²) in [4.78, 5) is 0. The van der Waals surface area contributed by atoms with Gasteiger partial charge in [-0.2, -0.15) is 0 Å². The highest BCUT2D eigenvalue weighted by molar-refractivity contribution is 5.32. The molecular weight excluding hydrogens is 312 g/mol. The van der Waals surface area contributed by atoms with Crippen LogP contribution in [-0.2, 0) is 33.8 Å². The van der Waals surface area contributed by atoms with Crippen LogP contribution in [-0.4, -0.2) is 18.3 Å². The van der Waals surface area contributed by atoms with Gasteiger partial charge in [0.1, 0.15) is 18.3 Å². The van der Waals surface area contributed by atoms with E-state index in [1.54, 1.807) is 0 Å². The largest absolute Gasteiger partial charge is 0.368 e. The number of rotatable bonds is 5. The van der Waals surface area contributed by atoms with Crippen molar-refractivity contribution in [2.45, 2.75) is 64.3 Å². The van der Waals surface area contributed by atoms with Crippen molar-refractivity contribution in [3.63, 3.8) is 0 Å². The zero-order valence-corrected chi connectivity index (χ0v) is 15.0. The average Bonchev–Trinajstić information content (AvgIpc) is 3.04. The van der Waals surface area contributed by atoms with Gasteiger partial charge in [0, 0.05) is 0 Å². The molecule has 3 nitrogen and oxygen atoms in total. The first-order valence-electron chi connectivity index (χ1n) is 9.35. The van der Waals surface area contributed by atoms with Crippen LogP contribution in [0.15, 0.2) is 48.5 Å². The standard InChI is InChI=1S/C22H26O3/c1-3-15-9-5-6-10-16(15)13-23-21-19(4-2)25-20-18-12-8-7-11-17(18)14-24-22(20)21/h5-12,19-22H,3-4,13-14H2,1-2H3/t19-,20-,21+,22+/m1/s1. The van der Waals surface area contributed by atoms with Crippen molar-refractivity contribution in [1.82, 2.24) is 0 Å². The summed E-state index contributed by atoms with van der Waals surface area (Å²) in [5.74, 6) is 0. The molecule has 0 aliphatic carbocycles. The molecule has 0 spiro atoms. The van der Waals surface area contributed by atoms with Gasteiger partial charge in [0.15, 0.2) is 0 Å². The summed E-state index contributed by atoms with van der Waals surface area (Å²) >= 11 is 0. The zero-order valence-electron chi connectivity index (χ0n) is 15.0. The molecule has 0 radical (unpaired) electrons. The fourth-order valence-corrected chi connectivity index (χ4v) is 4.05. The van der Waals surface area contributed by atoms with Crippen LogP contribution >= 0.6 is 0 Å². The summed E-state index contributed by atoms with van der Waals surface area (Å²) in [6.45, 7) is 5.60. The molecule has 2 heterocycles. The van der Waals surface area contributed by atoms with Crippen LogP contribution < -0.4 is 0 Å². The summed E-state index contributed by atoms with van der Waals surface area (Å²) in [5.41, 5.74) is 5.10. The van der Waals surface area contributed by atoms with E-state index in [0.29, 0.717) is 13.2 Å². The molecule has 0 aromatic heterocycles. The maximum Gasteiger partial charge on any atom is 0.117 e. The molecule has 132 valence electrons. The van der Waals surface area contributed by atoms with Crippen LogP contribution in [0.3, 0.4) is 0 Å². The lowest BCUT2D eigenvalue weighted by Crippen LogP contribution is -2.37. The van der Waals surface area contributed by atoms with Crippen LogP contribution in [0.5, 0.6) is 0 Å². The van der Waals surface area contributed by atoms with Gasteiger partial charge in [-0.1, -0.05) is 62.4 Å². The minimum atomic E-state index is -0.0201. The Labute approximate surface area is 149 Å². The number of ether oxygens (including phenoxy) is 3. The van der Waals surface area contributed by atoms with Gasteiger partial charge in [0.2, 0.25) is 0 Å². The van der Waals surface area contributed by atoms with E-state index in [0.717, 1.165) is 12.8 Å². The Bertz CT molecular complexity index is 727. The maximum atomic E-state index is 6.37. The van der Waals surface area contributed by atoms with E-state index < -0.39 is 0 Å². The molecule has 0 bridgehead atoms. The Hall–Kier alpha value is -1.68. The number of fused-ring (bicyclic) bond motifs is 3. The van der Waals surface area contributed by atoms with Gasteiger partial charge in [-0.25, -0.2) is 0 Å². The summed E-state index contributed by atoms with van der Waals surface area (Å²) in [6, 6.07) is 16.9. The number of hydrogen-bond donors (Lipinski definition) is 0. The lowest BCUT2D eigenvalue weighted by molar-refractivity contribution is -0.0862. The molecule has 25 heavy (non-hydrogen) atoms. The Morgan fingerprint density at radius 3 is 2.56 bits per heavy atom. The Morgan fingerprint density at radius 1 is 1.00 bits per heavy atom. The molecule has 0 unspecified atom stereocenters. The van der Waals surface area contributed by atoms with Gasteiger partial charge in [0.05, 0.1) is 19.3 Å². The molecule has 0 saturated carbocycles. The van der Waals surface area contributed by atoms with Gasteiger partial charge in [0.25, 0.3) is 0 Å². The predicted molar refractivity (Wildman–Crippen MR) is 97.3 cm³/mol. The maximum absolute atomic E-state index is 6.37. The lowest BCUT2D eigenvalue weighted by atomic mass is 9.94. The Balaban J connectivity index is 1.53. The van der Waals surface area contributed by atoms with Crippen molar-refractivity contribution in [3.8, 4) is 0 Å². The van der Waals surface area contributed by atoms with Crippen LogP contribution in [0.25, 0.3) is 0 Å². The normalized spacial score (nSPS) is 27.8. The molecule has 2 aliphatic heterocycles. The molecule has 2 aromatic rings. The third kappa shape index (κ3) is 3.12. The van der Waals surface area contributed by atoms with Gasteiger partial charge in [-0.15, -0.1) is 0 Å². The predicted octanol–water partition coefficient (Wildman–Crippen LogP) is 4.58. The molecule has 1 saturated heterocycles. The summed E-state index contributed by atoms with van der Waals surface area (Å²) in [5, 5.41) is 0. The number of hydrogen-bond acceptors (Lipinski definition) is 3. The first-order chi connectivity index (χ1) is 12.3. The van der Waals surface area contributed by atoms with E-state index in [4.69, 9.17) is 14.2 Å². The fraction of sp³-hybridized carbons (Fsp3) is 0.455. The summed E-state index contributed by atoms with van der Waals surface area (Å²) in [7, 11) is 0.